The van der Waals surface area contributed by atoms with Crippen LogP contribution in [0.4, 0.5) is 0 Å². The minimum absolute atomic E-state index is 0.0482. The third-order valence-corrected chi connectivity index (χ3v) is 5.55. The van der Waals surface area contributed by atoms with Crippen LogP contribution in [0.15, 0.2) is 24.3 Å². The van der Waals surface area contributed by atoms with Crippen LogP contribution in [-0.2, 0) is 14.3 Å². The molecule has 1 aromatic carbocycles. The molecule has 1 aromatic rings. The van der Waals surface area contributed by atoms with Crippen molar-refractivity contribution >= 4 is 23.7 Å². The number of benzene rings is 1. The van der Waals surface area contributed by atoms with E-state index < -0.39 is 0 Å². The maximum absolute atomic E-state index is 12.9. The normalized spacial score (nSPS) is 16.8. The van der Waals surface area contributed by atoms with E-state index in [-0.39, 0.29) is 49.1 Å². The van der Waals surface area contributed by atoms with E-state index in [1.54, 1.807) is 29.2 Å². The summed E-state index contributed by atoms with van der Waals surface area (Å²) in [6, 6.07) is 6.80. The first-order valence-corrected chi connectivity index (χ1v) is 9.84. The van der Waals surface area contributed by atoms with Crippen LogP contribution < -0.4 is 0 Å². The number of esters is 1. The molecule has 0 bridgehead atoms. The molecule has 28 heavy (non-hydrogen) atoms. The Morgan fingerprint density at radius 1 is 1.04 bits per heavy atom. The first-order chi connectivity index (χ1) is 13.5. The van der Waals surface area contributed by atoms with Gasteiger partial charge in [-0.25, -0.2) is 0 Å². The standard InChI is InChI=1S/C21H26N2O5/c1-28-19(25)12-14-22(15-7-3-2-4-8-15)18(24)11-13-23-20(26)16-9-5-6-10-17(16)21(23)27/h5-6,9-10,15H,2-4,7-8,11-14H2,1H3. The highest BCUT2D eigenvalue weighted by Gasteiger charge is 2.35. The average molecular weight is 386 g/mol. The second-order valence-electron chi connectivity index (χ2n) is 7.26. The fourth-order valence-corrected chi connectivity index (χ4v) is 4.01. The van der Waals surface area contributed by atoms with Gasteiger partial charge in [-0.2, -0.15) is 0 Å². The lowest BCUT2D eigenvalue weighted by Crippen LogP contribution is -2.44. The maximum Gasteiger partial charge on any atom is 0.307 e. The van der Waals surface area contributed by atoms with Crippen molar-refractivity contribution in [1.82, 2.24) is 9.80 Å². The van der Waals surface area contributed by atoms with Gasteiger partial charge < -0.3 is 9.64 Å². The van der Waals surface area contributed by atoms with Crippen LogP contribution in [0.5, 0.6) is 0 Å². The van der Waals surface area contributed by atoms with Crippen molar-refractivity contribution in [3.63, 3.8) is 0 Å². The summed E-state index contributed by atoms with van der Waals surface area (Å²) >= 11 is 0. The van der Waals surface area contributed by atoms with Crippen LogP contribution in [0.3, 0.4) is 0 Å². The van der Waals surface area contributed by atoms with Crippen molar-refractivity contribution in [2.75, 3.05) is 20.2 Å². The Morgan fingerprint density at radius 3 is 2.21 bits per heavy atom. The van der Waals surface area contributed by atoms with Crippen molar-refractivity contribution in [2.45, 2.75) is 51.0 Å². The van der Waals surface area contributed by atoms with E-state index >= 15 is 0 Å². The van der Waals surface area contributed by atoms with E-state index in [1.165, 1.54) is 7.11 Å². The smallest absolute Gasteiger partial charge is 0.307 e. The summed E-state index contributed by atoms with van der Waals surface area (Å²) < 4.78 is 4.70. The Kier molecular flexibility index (Phi) is 6.44. The van der Waals surface area contributed by atoms with Crippen molar-refractivity contribution < 1.29 is 23.9 Å². The number of hydrogen-bond acceptors (Lipinski definition) is 5. The largest absolute Gasteiger partial charge is 0.469 e. The summed E-state index contributed by atoms with van der Waals surface area (Å²) in [6.45, 7) is 0.352. The van der Waals surface area contributed by atoms with E-state index in [9.17, 15) is 19.2 Å². The third kappa shape index (κ3) is 4.24. The Balaban J connectivity index is 1.64. The quantitative estimate of drug-likeness (QED) is 0.531. The minimum Gasteiger partial charge on any atom is -0.469 e. The zero-order valence-electron chi connectivity index (χ0n) is 16.2. The molecule has 3 amide bonds. The second kappa shape index (κ2) is 8.99. The van der Waals surface area contributed by atoms with E-state index in [0.717, 1.165) is 37.0 Å². The molecule has 2 aliphatic rings. The molecule has 3 rings (SSSR count). The lowest BCUT2D eigenvalue weighted by atomic mass is 9.93. The van der Waals surface area contributed by atoms with Gasteiger partial charge in [0.15, 0.2) is 0 Å². The monoisotopic (exact) mass is 386 g/mol. The predicted octanol–water partition coefficient (Wildman–Crippen LogP) is 2.40. The first-order valence-electron chi connectivity index (χ1n) is 9.84. The number of carbonyl (C=O) groups is 4. The SMILES string of the molecule is COC(=O)CCN(C(=O)CCN1C(=O)c2ccccc2C1=O)C1CCCCC1. The lowest BCUT2D eigenvalue weighted by molar-refractivity contribution is -0.142. The molecule has 1 fully saturated rings. The number of fused-ring (bicyclic) bond motifs is 1. The van der Waals surface area contributed by atoms with Crippen LogP contribution in [0.1, 0.15) is 65.7 Å². The molecule has 1 heterocycles. The van der Waals surface area contributed by atoms with Crippen LogP contribution in [0, 0.1) is 0 Å². The molecule has 1 saturated carbocycles. The summed E-state index contributed by atoms with van der Waals surface area (Å²) in [5.41, 5.74) is 0.768. The molecule has 0 radical (unpaired) electrons. The fraction of sp³-hybridized carbons (Fsp3) is 0.524. The topological polar surface area (TPSA) is 84.0 Å². The highest BCUT2D eigenvalue weighted by atomic mass is 16.5. The number of amides is 3. The molecule has 0 unspecified atom stereocenters. The van der Waals surface area contributed by atoms with Gasteiger partial charge in [-0.05, 0) is 25.0 Å². The summed E-state index contributed by atoms with van der Waals surface area (Å²) in [4.78, 5) is 52.3. The lowest BCUT2D eigenvalue weighted by Gasteiger charge is -2.34. The molecule has 1 aliphatic heterocycles. The summed E-state index contributed by atoms with van der Waals surface area (Å²) in [7, 11) is 1.33. The molecule has 0 saturated heterocycles. The van der Waals surface area contributed by atoms with Crippen LogP contribution in [0.2, 0.25) is 0 Å². The van der Waals surface area contributed by atoms with E-state index in [2.05, 4.69) is 0 Å². The summed E-state index contributed by atoms with van der Waals surface area (Å²) in [5.74, 6) is -1.19. The van der Waals surface area contributed by atoms with Crippen molar-refractivity contribution in [2.24, 2.45) is 0 Å². The molecule has 0 N–H and O–H groups in total. The fourth-order valence-electron chi connectivity index (χ4n) is 4.01. The molecule has 7 nitrogen and oxygen atoms in total. The van der Waals surface area contributed by atoms with E-state index in [4.69, 9.17) is 4.74 Å². The third-order valence-electron chi connectivity index (χ3n) is 5.55. The van der Waals surface area contributed by atoms with Gasteiger partial charge in [-0.1, -0.05) is 31.4 Å². The number of nitrogens with zero attached hydrogens (tertiary/aromatic N) is 2. The van der Waals surface area contributed by atoms with Gasteiger partial charge in [-0.15, -0.1) is 0 Å². The van der Waals surface area contributed by atoms with E-state index in [1.807, 2.05) is 0 Å². The van der Waals surface area contributed by atoms with Gasteiger partial charge in [0.25, 0.3) is 11.8 Å². The number of imide groups is 1. The Morgan fingerprint density at radius 2 is 1.64 bits per heavy atom. The van der Waals surface area contributed by atoms with Gasteiger partial charge in [0.1, 0.15) is 0 Å². The van der Waals surface area contributed by atoms with Gasteiger partial charge in [-0.3, -0.25) is 24.1 Å². The molecule has 1 aliphatic carbocycles. The number of rotatable bonds is 7. The Hall–Kier alpha value is -2.70. The number of methoxy groups -OCH3 is 1. The Bertz CT molecular complexity index is 735. The van der Waals surface area contributed by atoms with Crippen molar-refractivity contribution in [3.8, 4) is 0 Å². The van der Waals surface area contributed by atoms with E-state index in [0.29, 0.717) is 17.7 Å². The number of ether oxygens (including phenoxy) is 1. The molecule has 7 heteroatoms. The zero-order valence-corrected chi connectivity index (χ0v) is 16.2. The van der Waals surface area contributed by atoms with Gasteiger partial charge in [0, 0.05) is 25.6 Å². The molecular formula is C21H26N2O5. The molecule has 150 valence electrons. The van der Waals surface area contributed by atoms with Crippen LogP contribution in [-0.4, -0.2) is 59.7 Å². The van der Waals surface area contributed by atoms with Gasteiger partial charge in [0.05, 0.1) is 24.7 Å². The minimum atomic E-state index is -0.354. The second-order valence-corrected chi connectivity index (χ2v) is 7.26. The summed E-state index contributed by atoms with van der Waals surface area (Å²) in [6.07, 6.45) is 5.31. The molecule has 0 atom stereocenters. The van der Waals surface area contributed by atoms with Crippen molar-refractivity contribution in [3.05, 3.63) is 35.4 Å². The zero-order chi connectivity index (χ0) is 20.1. The molecular weight excluding hydrogens is 360 g/mol. The number of carbonyl (C=O) groups excluding carboxylic acids is 4. The van der Waals surface area contributed by atoms with Gasteiger partial charge in [0.2, 0.25) is 5.91 Å². The predicted molar refractivity (Wildman–Crippen MR) is 102 cm³/mol. The van der Waals surface area contributed by atoms with Crippen LogP contribution in [0.25, 0.3) is 0 Å². The molecule has 0 spiro atoms. The average Bonchev–Trinajstić information content (AvgIpc) is 2.97. The number of hydrogen-bond donors (Lipinski definition) is 0. The van der Waals surface area contributed by atoms with Crippen molar-refractivity contribution in [1.29, 1.82) is 0 Å². The first kappa shape index (κ1) is 20.0. The van der Waals surface area contributed by atoms with Crippen LogP contribution >= 0.6 is 0 Å². The maximum atomic E-state index is 12.9. The highest BCUT2D eigenvalue weighted by Crippen LogP contribution is 2.25. The highest BCUT2D eigenvalue weighted by molar-refractivity contribution is 6.21. The Labute approximate surface area is 164 Å². The summed E-state index contributed by atoms with van der Waals surface area (Å²) in [5, 5.41) is 0. The molecule has 0 aromatic heterocycles. The van der Waals surface area contributed by atoms with Gasteiger partial charge >= 0.3 is 5.97 Å².